The summed E-state index contributed by atoms with van der Waals surface area (Å²) < 4.78 is 1.76. The molecule has 0 saturated carbocycles. The van der Waals surface area contributed by atoms with Gasteiger partial charge in [-0.2, -0.15) is 5.10 Å². The van der Waals surface area contributed by atoms with E-state index in [9.17, 15) is 0 Å². The van der Waals surface area contributed by atoms with Gasteiger partial charge in [0.1, 0.15) is 11.6 Å². The molecule has 16 heavy (non-hydrogen) atoms. The van der Waals surface area contributed by atoms with Gasteiger partial charge in [0.15, 0.2) is 5.65 Å². The molecule has 0 aliphatic heterocycles. The highest BCUT2D eigenvalue weighted by Gasteiger charge is 2.10. The minimum Gasteiger partial charge on any atom is -0.367 e. The molecule has 0 amide bonds. The molecule has 1 unspecified atom stereocenters. The average Bonchev–Trinajstić information content (AvgIpc) is 2.58. The molecule has 0 aliphatic carbocycles. The van der Waals surface area contributed by atoms with Crippen LogP contribution in [0, 0.1) is 6.92 Å². The van der Waals surface area contributed by atoms with Crippen LogP contribution in [-0.4, -0.2) is 25.8 Å². The second-order valence-electron chi connectivity index (χ2n) is 4.11. The zero-order valence-electron chi connectivity index (χ0n) is 10.2. The molecule has 0 saturated heterocycles. The third-order valence-corrected chi connectivity index (χ3v) is 2.60. The van der Waals surface area contributed by atoms with Crippen LogP contribution in [0.25, 0.3) is 11.0 Å². The fourth-order valence-electron chi connectivity index (χ4n) is 1.57. The van der Waals surface area contributed by atoms with E-state index in [0.29, 0.717) is 6.04 Å². The minimum absolute atomic E-state index is 0.401. The van der Waals surface area contributed by atoms with Gasteiger partial charge in [-0.1, -0.05) is 6.92 Å². The number of aryl methyl sites for hydroxylation is 2. The van der Waals surface area contributed by atoms with Crippen molar-refractivity contribution in [2.45, 2.75) is 33.2 Å². The predicted octanol–water partition coefficient (Wildman–Crippen LogP) is 1.88. The molecule has 2 aromatic heterocycles. The summed E-state index contributed by atoms with van der Waals surface area (Å²) in [7, 11) is 1.89. The third-order valence-electron chi connectivity index (χ3n) is 2.60. The predicted molar refractivity (Wildman–Crippen MR) is 64.4 cm³/mol. The van der Waals surface area contributed by atoms with Crippen LogP contribution < -0.4 is 5.32 Å². The van der Waals surface area contributed by atoms with Crippen molar-refractivity contribution >= 4 is 16.9 Å². The Bertz CT molecular complexity index is 502. The van der Waals surface area contributed by atoms with E-state index >= 15 is 0 Å². The highest BCUT2D eigenvalue weighted by molar-refractivity contribution is 5.86. The van der Waals surface area contributed by atoms with E-state index < -0.39 is 0 Å². The molecule has 0 fully saturated rings. The van der Waals surface area contributed by atoms with E-state index in [4.69, 9.17) is 0 Å². The van der Waals surface area contributed by atoms with Gasteiger partial charge in [0.05, 0.1) is 5.39 Å². The highest BCUT2D eigenvalue weighted by atomic mass is 15.3. The lowest BCUT2D eigenvalue weighted by atomic mass is 10.2. The Hall–Kier alpha value is -1.65. The maximum absolute atomic E-state index is 4.43. The molecule has 0 spiro atoms. The molecule has 5 nitrogen and oxygen atoms in total. The average molecular weight is 219 g/mol. The van der Waals surface area contributed by atoms with Gasteiger partial charge in [-0.05, 0) is 20.3 Å². The van der Waals surface area contributed by atoms with E-state index in [0.717, 1.165) is 29.1 Å². The smallest absolute Gasteiger partial charge is 0.186 e. The zero-order valence-corrected chi connectivity index (χ0v) is 10.2. The molecule has 86 valence electrons. The summed E-state index contributed by atoms with van der Waals surface area (Å²) in [5.74, 6) is 1.63. The molecule has 2 rings (SSSR count). The van der Waals surface area contributed by atoms with Gasteiger partial charge in [0.25, 0.3) is 0 Å². The largest absolute Gasteiger partial charge is 0.367 e. The SMILES string of the molecule is CCC(C)Nc1nc(C)nc2nn(C)cc12. The third kappa shape index (κ3) is 1.98. The summed E-state index contributed by atoms with van der Waals surface area (Å²) in [5.41, 5.74) is 0.751. The van der Waals surface area contributed by atoms with E-state index in [-0.39, 0.29) is 0 Å². The van der Waals surface area contributed by atoms with Crippen molar-refractivity contribution in [3.8, 4) is 0 Å². The Balaban J connectivity index is 2.49. The summed E-state index contributed by atoms with van der Waals surface area (Å²) in [4.78, 5) is 8.73. The molecule has 1 N–H and O–H groups in total. The first kappa shape index (κ1) is 10.9. The van der Waals surface area contributed by atoms with Gasteiger partial charge < -0.3 is 5.32 Å². The number of hydrogen-bond donors (Lipinski definition) is 1. The van der Waals surface area contributed by atoms with Gasteiger partial charge >= 0.3 is 0 Å². The lowest BCUT2D eigenvalue weighted by Crippen LogP contribution is -2.15. The number of fused-ring (bicyclic) bond motifs is 1. The Kier molecular flexibility index (Phi) is 2.77. The second-order valence-corrected chi connectivity index (χ2v) is 4.11. The number of anilines is 1. The van der Waals surface area contributed by atoms with E-state index in [2.05, 4.69) is 34.2 Å². The molecule has 2 heterocycles. The second kappa shape index (κ2) is 4.08. The molecule has 2 aromatic rings. The number of aromatic nitrogens is 4. The van der Waals surface area contributed by atoms with Gasteiger partial charge in [-0.15, -0.1) is 0 Å². The number of rotatable bonds is 3. The molecule has 0 aromatic carbocycles. The molecule has 5 heteroatoms. The van der Waals surface area contributed by atoms with Gasteiger partial charge in [0, 0.05) is 19.3 Å². The van der Waals surface area contributed by atoms with Crippen molar-refractivity contribution in [2.75, 3.05) is 5.32 Å². The Morgan fingerprint density at radius 2 is 2.19 bits per heavy atom. The number of nitrogens with one attached hydrogen (secondary N) is 1. The quantitative estimate of drug-likeness (QED) is 0.856. The molecule has 0 radical (unpaired) electrons. The monoisotopic (exact) mass is 219 g/mol. The molecule has 1 atom stereocenters. The first-order chi connectivity index (χ1) is 7.60. The van der Waals surface area contributed by atoms with Crippen LogP contribution in [0.15, 0.2) is 6.20 Å². The van der Waals surface area contributed by atoms with Crippen LogP contribution in [0.3, 0.4) is 0 Å². The summed E-state index contributed by atoms with van der Waals surface area (Å²) in [5, 5.41) is 8.66. The van der Waals surface area contributed by atoms with Gasteiger partial charge in [-0.25, -0.2) is 9.97 Å². The Morgan fingerprint density at radius 1 is 1.44 bits per heavy atom. The first-order valence-electron chi connectivity index (χ1n) is 5.54. The molecule has 0 aliphatic rings. The van der Waals surface area contributed by atoms with Crippen molar-refractivity contribution in [1.82, 2.24) is 19.7 Å². The minimum atomic E-state index is 0.401. The highest BCUT2D eigenvalue weighted by Crippen LogP contribution is 2.19. The zero-order chi connectivity index (χ0) is 11.7. The first-order valence-corrected chi connectivity index (χ1v) is 5.54. The lowest BCUT2D eigenvalue weighted by Gasteiger charge is -2.12. The van der Waals surface area contributed by atoms with Gasteiger partial charge in [-0.3, -0.25) is 4.68 Å². The summed E-state index contributed by atoms with van der Waals surface area (Å²) in [6.45, 7) is 6.17. The summed E-state index contributed by atoms with van der Waals surface area (Å²) >= 11 is 0. The summed E-state index contributed by atoms with van der Waals surface area (Å²) in [6.07, 6.45) is 3.00. The van der Waals surface area contributed by atoms with E-state index in [1.807, 2.05) is 20.2 Å². The van der Waals surface area contributed by atoms with Gasteiger partial charge in [0.2, 0.25) is 0 Å². The standard InChI is InChI=1S/C11H17N5/c1-5-7(2)12-10-9-6-16(4)15-11(9)14-8(3)13-10/h6-7H,5H2,1-4H3,(H,12,13,14,15). The van der Waals surface area contributed by atoms with Crippen LogP contribution in [0.1, 0.15) is 26.1 Å². The molecular formula is C11H17N5. The lowest BCUT2D eigenvalue weighted by molar-refractivity contribution is 0.759. The normalized spacial score (nSPS) is 13.0. The summed E-state index contributed by atoms with van der Waals surface area (Å²) in [6, 6.07) is 0.401. The van der Waals surface area contributed by atoms with Crippen molar-refractivity contribution < 1.29 is 0 Å². The van der Waals surface area contributed by atoms with Crippen LogP contribution in [0.2, 0.25) is 0 Å². The maximum Gasteiger partial charge on any atom is 0.186 e. The molecule has 0 bridgehead atoms. The Labute approximate surface area is 94.9 Å². The number of hydrogen-bond acceptors (Lipinski definition) is 4. The van der Waals surface area contributed by atoms with Crippen LogP contribution in [-0.2, 0) is 7.05 Å². The van der Waals surface area contributed by atoms with E-state index in [1.54, 1.807) is 4.68 Å². The number of nitrogens with zero attached hydrogens (tertiary/aromatic N) is 4. The van der Waals surface area contributed by atoms with E-state index in [1.165, 1.54) is 0 Å². The fraction of sp³-hybridized carbons (Fsp3) is 0.545. The van der Waals surface area contributed by atoms with Crippen LogP contribution in [0.4, 0.5) is 5.82 Å². The van der Waals surface area contributed by atoms with Crippen LogP contribution in [0.5, 0.6) is 0 Å². The molecular weight excluding hydrogens is 202 g/mol. The Morgan fingerprint density at radius 3 is 2.88 bits per heavy atom. The maximum atomic E-state index is 4.43. The van der Waals surface area contributed by atoms with Crippen molar-refractivity contribution in [3.63, 3.8) is 0 Å². The fourth-order valence-corrected chi connectivity index (χ4v) is 1.57. The topological polar surface area (TPSA) is 55.6 Å². The van der Waals surface area contributed by atoms with Crippen LogP contribution >= 0.6 is 0 Å². The van der Waals surface area contributed by atoms with Crippen molar-refractivity contribution in [1.29, 1.82) is 0 Å². The van der Waals surface area contributed by atoms with Crippen molar-refractivity contribution in [3.05, 3.63) is 12.0 Å². The van der Waals surface area contributed by atoms with Crippen molar-refractivity contribution in [2.24, 2.45) is 7.05 Å².